The minimum absolute atomic E-state index is 0.120. The molecule has 0 amide bonds. The molecular weight excluding hydrogens is 532 g/mol. The summed E-state index contributed by atoms with van der Waals surface area (Å²) < 4.78 is 29.0. The van der Waals surface area contributed by atoms with Gasteiger partial charge in [0.15, 0.2) is 0 Å². The molecule has 0 saturated heterocycles. The largest absolute Gasteiger partial charge is 0.494 e. The van der Waals surface area contributed by atoms with Crippen LogP contribution in [0.15, 0.2) is 113 Å². The van der Waals surface area contributed by atoms with Gasteiger partial charge in [0.1, 0.15) is 0 Å². The maximum atomic E-state index is 12.7. The zero-order valence-electron chi connectivity index (χ0n) is 21.1. The van der Waals surface area contributed by atoms with Crippen LogP contribution in [-0.2, 0) is 10.0 Å². The van der Waals surface area contributed by atoms with Crippen LogP contribution >= 0.6 is 0 Å². The third-order valence-corrected chi connectivity index (χ3v) is 7.55. The van der Waals surface area contributed by atoms with Crippen LogP contribution in [-0.4, -0.2) is 34.6 Å². The van der Waals surface area contributed by atoms with E-state index >= 15 is 0 Å². The first-order valence-electron chi connectivity index (χ1n) is 12.0. The maximum Gasteiger partial charge on any atom is 0.270 e. The first-order chi connectivity index (χ1) is 19.2. The average molecular weight is 555 g/mol. The highest BCUT2D eigenvalue weighted by Gasteiger charge is 2.26. The second-order valence-corrected chi connectivity index (χ2v) is 10.5. The van der Waals surface area contributed by atoms with Gasteiger partial charge in [-0.15, -0.1) is 0 Å². The lowest BCUT2D eigenvalue weighted by Gasteiger charge is -2.10. The summed E-state index contributed by atoms with van der Waals surface area (Å²) in [7, 11) is -3.79. The lowest BCUT2D eigenvalue weighted by Crippen LogP contribution is -2.12. The van der Waals surface area contributed by atoms with Crippen molar-refractivity contribution in [2.75, 3.05) is 4.72 Å². The molecule has 11 heteroatoms. The molecular formula is C29H22N4O6S. The van der Waals surface area contributed by atoms with E-state index in [-0.39, 0.29) is 27.2 Å². The van der Waals surface area contributed by atoms with Crippen molar-refractivity contribution in [2.45, 2.75) is 11.8 Å². The van der Waals surface area contributed by atoms with Crippen molar-refractivity contribution in [2.24, 2.45) is 4.99 Å². The van der Waals surface area contributed by atoms with Gasteiger partial charge in [-0.1, -0.05) is 48.5 Å². The number of nitro benzene ring substituents is 1. The van der Waals surface area contributed by atoms with E-state index in [9.17, 15) is 28.4 Å². The van der Waals surface area contributed by atoms with Crippen LogP contribution < -0.4 is 4.72 Å². The second kappa shape index (κ2) is 10.5. The molecule has 0 fully saturated rings. The van der Waals surface area contributed by atoms with Crippen LogP contribution in [0, 0.1) is 10.1 Å². The minimum atomic E-state index is -3.79. The molecule has 0 aliphatic carbocycles. The number of nitrogens with one attached hydrogen (secondary N) is 1. The van der Waals surface area contributed by atoms with E-state index < -0.39 is 26.7 Å². The topological polar surface area (TPSA) is 144 Å². The standard InChI is InChI=1S/C29H22N4O6S/c1-19(34)32-26-17-16-23(33(36)37)18-25(26)27(29(32)35)28(20-8-4-2-5-9-20)30-21-12-14-22(15-13-21)31-40(38,39)24-10-6-3-7-11-24/h2-18,31,35H,1H3. The number of carbonyl (C=O) groups excluding carboxylic acids is 1. The Morgan fingerprint density at radius 3 is 2.15 bits per heavy atom. The van der Waals surface area contributed by atoms with Gasteiger partial charge in [0, 0.05) is 35.7 Å². The van der Waals surface area contributed by atoms with E-state index in [2.05, 4.69) is 4.72 Å². The number of benzene rings is 4. The summed E-state index contributed by atoms with van der Waals surface area (Å²) >= 11 is 0. The van der Waals surface area contributed by atoms with E-state index in [1.807, 2.05) is 0 Å². The predicted octanol–water partition coefficient (Wildman–Crippen LogP) is 5.89. The predicted molar refractivity (Wildman–Crippen MR) is 152 cm³/mol. The molecule has 0 radical (unpaired) electrons. The molecule has 0 aliphatic heterocycles. The van der Waals surface area contributed by atoms with Gasteiger partial charge in [-0.2, -0.15) is 0 Å². The minimum Gasteiger partial charge on any atom is -0.494 e. The SMILES string of the molecule is CC(=O)n1c(O)c(C(=Nc2ccc(NS(=O)(=O)c3ccccc3)cc2)c2ccccc2)c2cc([N+](=O)[O-])ccc21. The summed E-state index contributed by atoms with van der Waals surface area (Å²) in [6, 6.07) is 27.1. The summed E-state index contributed by atoms with van der Waals surface area (Å²) in [6.07, 6.45) is 0. The van der Waals surface area contributed by atoms with Crippen molar-refractivity contribution < 1.29 is 23.2 Å². The Morgan fingerprint density at radius 2 is 1.55 bits per heavy atom. The van der Waals surface area contributed by atoms with Crippen LogP contribution in [0.4, 0.5) is 17.1 Å². The van der Waals surface area contributed by atoms with E-state index in [1.165, 1.54) is 37.3 Å². The van der Waals surface area contributed by atoms with Gasteiger partial charge in [-0.05, 0) is 42.5 Å². The van der Waals surface area contributed by atoms with Gasteiger partial charge in [-0.25, -0.2) is 13.4 Å². The summed E-state index contributed by atoms with van der Waals surface area (Å²) in [4.78, 5) is 28.3. The fraction of sp³-hybridized carbons (Fsp3) is 0.0345. The van der Waals surface area contributed by atoms with Crippen molar-refractivity contribution in [1.29, 1.82) is 0 Å². The number of nitro groups is 1. The van der Waals surface area contributed by atoms with Crippen LogP contribution in [0.1, 0.15) is 22.8 Å². The van der Waals surface area contributed by atoms with Crippen molar-refractivity contribution in [3.05, 3.63) is 124 Å². The van der Waals surface area contributed by atoms with E-state index in [0.717, 1.165) is 4.57 Å². The number of sulfonamides is 1. The molecule has 10 nitrogen and oxygen atoms in total. The fourth-order valence-corrected chi connectivity index (χ4v) is 5.42. The third kappa shape index (κ3) is 5.05. The van der Waals surface area contributed by atoms with Crippen LogP contribution in [0.3, 0.4) is 0 Å². The molecule has 0 spiro atoms. The quantitative estimate of drug-likeness (QED) is 0.146. The molecule has 1 aromatic heterocycles. The number of aliphatic imine (C=N–C) groups is 1. The molecule has 2 N–H and O–H groups in total. The van der Waals surface area contributed by atoms with E-state index in [1.54, 1.807) is 72.8 Å². The zero-order valence-corrected chi connectivity index (χ0v) is 21.9. The number of rotatable bonds is 7. The van der Waals surface area contributed by atoms with Gasteiger partial charge in [0.05, 0.1) is 32.3 Å². The van der Waals surface area contributed by atoms with Crippen LogP contribution in [0.2, 0.25) is 0 Å². The van der Waals surface area contributed by atoms with Crippen molar-refractivity contribution in [1.82, 2.24) is 4.57 Å². The van der Waals surface area contributed by atoms with Gasteiger partial charge in [0.25, 0.3) is 15.7 Å². The monoisotopic (exact) mass is 554 g/mol. The number of aromatic nitrogens is 1. The molecule has 0 saturated carbocycles. The summed E-state index contributed by atoms with van der Waals surface area (Å²) in [5.74, 6) is -0.886. The third-order valence-electron chi connectivity index (χ3n) is 6.15. The highest BCUT2D eigenvalue weighted by atomic mass is 32.2. The highest BCUT2D eigenvalue weighted by Crippen LogP contribution is 2.36. The highest BCUT2D eigenvalue weighted by molar-refractivity contribution is 7.92. The Morgan fingerprint density at radius 1 is 0.925 bits per heavy atom. The number of anilines is 1. The number of non-ortho nitro benzene ring substituents is 1. The molecule has 5 aromatic rings. The summed E-state index contributed by atoms with van der Waals surface area (Å²) in [5.41, 5.74) is 1.80. The lowest BCUT2D eigenvalue weighted by molar-refractivity contribution is -0.384. The Bertz CT molecular complexity index is 1880. The summed E-state index contributed by atoms with van der Waals surface area (Å²) in [6.45, 7) is 1.28. The van der Waals surface area contributed by atoms with Gasteiger partial charge < -0.3 is 5.11 Å². The van der Waals surface area contributed by atoms with Crippen molar-refractivity contribution in [3.63, 3.8) is 0 Å². The number of hydrogen-bond donors (Lipinski definition) is 2. The average Bonchev–Trinajstić information content (AvgIpc) is 3.24. The molecule has 40 heavy (non-hydrogen) atoms. The normalized spacial score (nSPS) is 11.9. The number of aromatic hydroxyl groups is 1. The Kier molecular flexibility index (Phi) is 6.89. The zero-order chi connectivity index (χ0) is 28.4. The smallest absolute Gasteiger partial charge is 0.270 e. The first-order valence-corrected chi connectivity index (χ1v) is 13.5. The number of fused-ring (bicyclic) bond motifs is 1. The fourth-order valence-electron chi connectivity index (χ4n) is 4.34. The Hall–Kier alpha value is -5.29. The van der Waals surface area contributed by atoms with Gasteiger partial charge in [-0.3, -0.25) is 24.2 Å². The molecule has 0 bridgehead atoms. The first kappa shape index (κ1) is 26.3. The maximum absolute atomic E-state index is 12.7. The molecule has 4 aromatic carbocycles. The van der Waals surface area contributed by atoms with Crippen LogP contribution in [0.5, 0.6) is 5.88 Å². The second-order valence-electron chi connectivity index (χ2n) is 8.80. The number of carbonyl (C=O) groups is 1. The molecule has 0 aliphatic rings. The molecule has 1 heterocycles. The molecule has 0 unspecified atom stereocenters. The Labute approximate surface area is 229 Å². The molecule has 200 valence electrons. The van der Waals surface area contributed by atoms with Crippen molar-refractivity contribution >= 4 is 49.6 Å². The van der Waals surface area contributed by atoms with E-state index in [4.69, 9.17) is 4.99 Å². The van der Waals surface area contributed by atoms with E-state index in [0.29, 0.717) is 22.5 Å². The molecule has 0 atom stereocenters. The number of nitrogens with zero attached hydrogens (tertiary/aromatic N) is 3. The van der Waals surface area contributed by atoms with Gasteiger partial charge in [0.2, 0.25) is 11.8 Å². The van der Waals surface area contributed by atoms with Crippen LogP contribution in [0.25, 0.3) is 10.9 Å². The lowest BCUT2D eigenvalue weighted by atomic mass is 10.0. The van der Waals surface area contributed by atoms with Gasteiger partial charge >= 0.3 is 0 Å². The summed E-state index contributed by atoms with van der Waals surface area (Å²) in [5, 5.41) is 23.0. The van der Waals surface area contributed by atoms with Crippen molar-refractivity contribution in [3.8, 4) is 5.88 Å². The number of hydrogen-bond acceptors (Lipinski definition) is 7. The molecule has 5 rings (SSSR count). The Balaban J connectivity index is 1.64.